The molecule has 1 fully saturated rings. The van der Waals surface area contributed by atoms with Gasteiger partial charge < -0.3 is 10.6 Å². The molecular weight excluding hydrogens is 286 g/mol. The third-order valence-electron chi connectivity index (χ3n) is 4.08. The van der Waals surface area contributed by atoms with Gasteiger partial charge in [-0.05, 0) is 37.7 Å². The fourth-order valence-corrected chi connectivity index (χ4v) is 3.48. The van der Waals surface area contributed by atoms with Gasteiger partial charge in [0.15, 0.2) is 0 Å². The Balaban J connectivity index is 2.16. The summed E-state index contributed by atoms with van der Waals surface area (Å²) in [6, 6.07) is 5.43. The van der Waals surface area contributed by atoms with Gasteiger partial charge in [-0.1, -0.05) is 19.4 Å². The van der Waals surface area contributed by atoms with Gasteiger partial charge in [0.05, 0.1) is 4.92 Å². The van der Waals surface area contributed by atoms with Crippen molar-refractivity contribution >= 4 is 28.8 Å². The fraction of sp³-hybridized carbons (Fsp3) is 0.600. The predicted octanol–water partition coefficient (Wildman–Crippen LogP) is 4.11. The van der Waals surface area contributed by atoms with Crippen LogP contribution in [0.4, 0.5) is 17.1 Å². The quantitative estimate of drug-likeness (QED) is 0.558. The third-order valence-corrected chi connectivity index (χ3v) is 5.50. The van der Waals surface area contributed by atoms with E-state index in [2.05, 4.69) is 16.9 Å². The molecule has 2 rings (SSSR count). The number of hydrogen-bond acceptors (Lipinski definition) is 5. The van der Waals surface area contributed by atoms with Crippen LogP contribution in [-0.4, -0.2) is 29.0 Å². The minimum Gasteiger partial charge on any atom is -0.379 e. The molecule has 5 nitrogen and oxygen atoms in total. The molecule has 2 N–H and O–H groups in total. The predicted molar refractivity (Wildman–Crippen MR) is 90.5 cm³/mol. The van der Waals surface area contributed by atoms with Crippen LogP contribution < -0.4 is 10.6 Å². The zero-order valence-electron chi connectivity index (χ0n) is 12.6. The highest BCUT2D eigenvalue weighted by molar-refractivity contribution is 8.00. The van der Waals surface area contributed by atoms with Crippen LogP contribution in [0, 0.1) is 10.1 Å². The largest absolute Gasteiger partial charge is 0.379 e. The van der Waals surface area contributed by atoms with Crippen LogP contribution in [-0.2, 0) is 0 Å². The number of nitro benzene ring substituents is 1. The Morgan fingerprint density at radius 3 is 2.48 bits per heavy atom. The topological polar surface area (TPSA) is 67.2 Å². The number of benzene rings is 1. The van der Waals surface area contributed by atoms with Gasteiger partial charge in [-0.3, -0.25) is 10.1 Å². The lowest BCUT2D eigenvalue weighted by molar-refractivity contribution is -0.383. The van der Waals surface area contributed by atoms with E-state index < -0.39 is 0 Å². The lowest BCUT2D eigenvalue weighted by Crippen LogP contribution is -2.40. The lowest BCUT2D eigenvalue weighted by Gasteiger charge is -2.40. The van der Waals surface area contributed by atoms with Crippen molar-refractivity contribution in [2.45, 2.75) is 37.4 Å². The maximum atomic E-state index is 11.4. The molecule has 1 aromatic rings. The van der Waals surface area contributed by atoms with Crippen LogP contribution in [0.5, 0.6) is 0 Å². The Morgan fingerprint density at radius 1 is 1.33 bits per heavy atom. The van der Waals surface area contributed by atoms with Crippen molar-refractivity contribution < 1.29 is 4.92 Å². The van der Waals surface area contributed by atoms with Crippen LogP contribution in [0.2, 0.25) is 0 Å². The summed E-state index contributed by atoms with van der Waals surface area (Å²) in [4.78, 5) is 11.1. The van der Waals surface area contributed by atoms with Crippen LogP contribution in [0.3, 0.4) is 0 Å². The molecule has 6 heteroatoms. The monoisotopic (exact) mass is 309 g/mol. The van der Waals surface area contributed by atoms with Crippen LogP contribution in [0.15, 0.2) is 18.2 Å². The second-order valence-corrected chi connectivity index (χ2v) is 6.75. The average Bonchev–Trinajstić information content (AvgIpc) is 2.44. The summed E-state index contributed by atoms with van der Waals surface area (Å²) >= 11 is 1.86. The van der Waals surface area contributed by atoms with Crippen molar-refractivity contribution in [3.63, 3.8) is 0 Å². The highest BCUT2D eigenvalue weighted by Crippen LogP contribution is 2.43. The molecule has 116 valence electrons. The summed E-state index contributed by atoms with van der Waals surface area (Å²) in [6.07, 6.45) is 6.67. The maximum Gasteiger partial charge on any atom is 0.315 e. The average molecular weight is 309 g/mol. The zero-order valence-corrected chi connectivity index (χ0v) is 13.5. The van der Waals surface area contributed by atoms with E-state index in [1.54, 1.807) is 12.1 Å². The molecule has 0 aromatic heterocycles. The number of rotatable bonds is 8. The van der Waals surface area contributed by atoms with E-state index in [-0.39, 0.29) is 15.4 Å². The van der Waals surface area contributed by atoms with Crippen molar-refractivity contribution in [3.05, 3.63) is 28.3 Å². The number of nitrogens with one attached hydrogen (secondary N) is 2. The van der Waals surface area contributed by atoms with E-state index in [0.717, 1.165) is 19.5 Å². The van der Waals surface area contributed by atoms with Crippen molar-refractivity contribution in [2.75, 3.05) is 30.0 Å². The van der Waals surface area contributed by atoms with Gasteiger partial charge in [0.25, 0.3) is 0 Å². The molecule has 1 aliphatic rings. The first kappa shape index (κ1) is 15.9. The minimum atomic E-state index is -0.299. The summed E-state index contributed by atoms with van der Waals surface area (Å²) in [5.74, 6) is 0. The van der Waals surface area contributed by atoms with Gasteiger partial charge >= 0.3 is 5.69 Å². The first-order valence-electron chi connectivity index (χ1n) is 7.42. The van der Waals surface area contributed by atoms with Crippen LogP contribution in [0.25, 0.3) is 0 Å². The summed E-state index contributed by atoms with van der Waals surface area (Å²) in [5.41, 5.74) is 1.36. The molecule has 0 radical (unpaired) electrons. The van der Waals surface area contributed by atoms with Crippen molar-refractivity contribution in [1.82, 2.24) is 0 Å². The fourth-order valence-electron chi connectivity index (χ4n) is 2.57. The van der Waals surface area contributed by atoms with E-state index in [1.807, 2.05) is 24.8 Å². The molecule has 0 amide bonds. The van der Waals surface area contributed by atoms with Gasteiger partial charge in [0.2, 0.25) is 0 Å². The number of hydrogen-bond donors (Lipinski definition) is 2. The van der Waals surface area contributed by atoms with E-state index in [0.29, 0.717) is 11.4 Å². The van der Waals surface area contributed by atoms with E-state index >= 15 is 0 Å². The molecule has 0 heterocycles. The van der Waals surface area contributed by atoms with E-state index in [9.17, 15) is 10.1 Å². The second kappa shape index (κ2) is 7.02. The Labute approximate surface area is 130 Å². The molecule has 21 heavy (non-hydrogen) atoms. The Kier molecular flexibility index (Phi) is 5.33. The maximum absolute atomic E-state index is 11.4. The standard InChI is InChI=1S/C15H23N3O2S/c1-3-10-16-12-6-4-7-13(14(12)18(19)20)17-11-15(21-2)8-5-9-15/h4,6-7,16-17H,3,5,8-11H2,1-2H3. The normalized spacial score (nSPS) is 16.1. The molecule has 0 bridgehead atoms. The number of anilines is 2. The summed E-state index contributed by atoms with van der Waals surface area (Å²) in [7, 11) is 0. The molecule has 0 saturated heterocycles. The number of thioether (sulfide) groups is 1. The van der Waals surface area contributed by atoms with Gasteiger partial charge in [-0.25, -0.2) is 0 Å². The highest BCUT2D eigenvalue weighted by atomic mass is 32.2. The van der Waals surface area contributed by atoms with E-state index in [1.165, 1.54) is 19.3 Å². The molecule has 0 aliphatic heterocycles. The van der Waals surface area contributed by atoms with Gasteiger partial charge in [0, 0.05) is 17.8 Å². The van der Waals surface area contributed by atoms with Crippen LogP contribution in [0.1, 0.15) is 32.6 Å². The SMILES string of the molecule is CCCNc1cccc(NCC2(SC)CCC2)c1[N+](=O)[O-]. The van der Waals surface area contributed by atoms with Crippen molar-refractivity contribution in [2.24, 2.45) is 0 Å². The Morgan fingerprint density at radius 2 is 2.00 bits per heavy atom. The zero-order chi connectivity index (χ0) is 15.3. The highest BCUT2D eigenvalue weighted by Gasteiger charge is 2.36. The lowest BCUT2D eigenvalue weighted by atomic mass is 9.84. The molecule has 0 unspecified atom stereocenters. The van der Waals surface area contributed by atoms with Gasteiger partial charge in [0.1, 0.15) is 11.4 Å². The number of nitro groups is 1. The summed E-state index contributed by atoms with van der Waals surface area (Å²) in [5, 5.41) is 17.8. The minimum absolute atomic E-state index is 0.154. The molecule has 0 atom stereocenters. The van der Waals surface area contributed by atoms with Gasteiger partial charge in [-0.2, -0.15) is 11.8 Å². The van der Waals surface area contributed by atoms with Crippen LogP contribution >= 0.6 is 11.8 Å². The smallest absolute Gasteiger partial charge is 0.315 e. The Hall–Kier alpha value is -1.43. The molecule has 1 aliphatic carbocycles. The summed E-state index contributed by atoms with van der Waals surface area (Å²) < 4.78 is 0.251. The second-order valence-electron chi connectivity index (χ2n) is 5.48. The molecule has 1 aromatic carbocycles. The van der Waals surface area contributed by atoms with Gasteiger partial charge in [-0.15, -0.1) is 0 Å². The van der Waals surface area contributed by atoms with Crippen molar-refractivity contribution in [1.29, 1.82) is 0 Å². The first-order chi connectivity index (χ1) is 10.1. The molecule has 1 saturated carbocycles. The number of para-hydroxylation sites is 1. The first-order valence-corrected chi connectivity index (χ1v) is 8.64. The molecular formula is C15H23N3O2S. The van der Waals surface area contributed by atoms with Crippen molar-refractivity contribution in [3.8, 4) is 0 Å². The third kappa shape index (κ3) is 3.61. The Bertz CT molecular complexity index is 498. The summed E-state index contributed by atoms with van der Waals surface area (Å²) in [6.45, 7) is 3.56. The number of nitrogens with zero attached hydrogens (tertiary/aromatic N) is 1. The van der Waals surface area contributed by atoms with E-state index in [4.69, 9.17) is 0 Å². The molecule has 0 spiro atoms.